The monoisotopic (exact) mass is 358 g/mol. The zero-order valence-electron chi connectivity index (χ0n) is 15.0. The molecule has 0 unspecified atom stereocenters. The number of benzene rings is 1. The molecule has 5 nitrogen and oxygen atoms in total. The van der Waals surface area contributed by atoms with Crippen molar-refractivity contribution in [3.05, 3.63) is 64.8 Å². The van der Waals surface area contributed by atoms with Gasteiger partial charge in [-0.15, -0.1) is 0 Å². The van der Waals surface area contributed by atoms with Crippen molar-refractivity contribution in [2.45, 2.75) is 39.0 Å². The molecule has 0 aliphatic heterocycles. The van der Waals surface area contributed by atoms with Crippen molar-refractivity contribution in [3.63, 3.8) is 0 Å². The third-order valence-corrected chi connectivity index (χ3v) is 3.77. The van der Waals surface area contributed by atoms with Gasteiger partial charge in [0.1, 0.15) is 0 Å². The van der Waals surface area contributed by atoms with Crippen molar-refractivity contribution < 1.29 is 24.9 Å². The molecule has 0 heterocycles. The summed E-state index contributed by atoms with van der Waals surface area (Å²) in [6.45, 7) is 1.88. The standard InChI is InChI=1S/C21H26O5/c1-2-3-10-18(20(23)24)14-17(13-16-8-5-4-6-9-16)15-19(21(25)26)11-7-12-22/h4-6,8-9,13-15,22H,2-3,7,10-12H2,1H3,(H,23,24)(H,25,26). The summed E-state index contributed by atoms with van der Waals surface area (Å²) in [7, 11) is 0. The summed E-state index contributed by atoms with van der Waals surface area (Å²) in [5.41, 5.74) is 1.75. The molecule has 3 N–H and O–H groups in total. The van der Waals surface area contributed by atoms with Gasteiger partial charge in [0.15, 0.2) is 0 Å². The summed E-state index contributed by atoms with van der Waals surface area (Å²) in [5.74, 6) is -2.07. The van der Waals surface area contributed by atoms with Gasteiger partial charge in [-0.05, 0) is 55.0 Å². The van der Waals surface area contributed by atoms with E-state index in [9.17, 15) is 19.8 Å². The molecule has 0 aliphatic carbocycles. The van der Waals surface area contributed by atoms with Crippen LogP contribution in [-0.4, -0.2) is 33.9 Å². The van der Waals surface area contributed by atoms with Crippen molar-refractivity contribution in [2.75, 3.05) is 6.61 Å². The summed E-state index contributed by atoms with van der Waals surface area (Å²) in [4.78, 5) is 23.0. The van der Waals surface area contributed by atoms with Gasteiger partial charge in [0.2, 0.25) is 0 Å². The van der Waals surface area contributed by atoms with E-state index in [-0.39, 0.29) is 24.2 Å². The Morgan fingerprint density at radius 2 is 1.46 bits per heavy atom. The van der Waals surface area contributed by atoms with Gasteiger partial charge < -0.3 is 15.3 Å². The number of aliphatic carboxylic acids is 2. The van der Waals surface area contributed by atoms with Gasteiger partial charge in [-0.2, -0.15) is 0 Å². The summed E-state index contributed by atoms with van der Waals surface area (Å²) in [6.07, 6.45) is 7.37. The average molecular weight is 358 g/mol. The van der Waals surface area contributed by atoms with Gasteiger partial charge in [0, 0.05) is 17.8 Å². The van der Waals surface area contributed by atoms with Gasteiger partial charge >= 0.3 is 11.9 Å². The maximum atomic E-state index is 11.5. The molecule has 1 rings (SSSR count). The van der Waals surface area contributed by atoms with E-state index >= 15 is 0 Å². The van der Waals surface area contributed by atoms with Crippen LogP contribution in [0.5, 0.6) is 0 Å². The summed E-state index contributed by atoms with van der Waals surface area (Å²) >= 11 is 0. The zero-order valence-corrected chi connectivity index (χ0v) is 15.0. The Balaban J connectivity index is 3.34. The number of carboxylic acids is 2. The molecule has 0 radical (unpaired) electrons. The Morgan fingerprint density at radius 1 is 0.923 bits per heavy atom. The fourth-order valence-electron chi connectivity index (χ4n) is 2.39. The topological polar surface area (TPSA) is 94.8 Å². The summed E-state index contributed by atoms with van der Waals surface area (Å²) in [6, 6.07) is 9.31. The van der Waals surface area contributed by atoms with Gasteiger partial charge in [0.05, 0.1) is 0 Å². The molecule has 1 aromatic rings. The molecule has 140 valence electrons. The van der Waals surface area contributed by atoms with E-state index in [4.69, 9.17) is 5.11 Å². The van der Waals surface area contributed by atoms with E-state index < -0.39 is 11.9 Å². The van der Waals surface area contributed by atoms with Crippen molar-refractivity contribution in [1.29, 1.82) is 0 Å². The molecule has 0 spiro atoms. The molecule has 0 saturated heterocycles. The Bertz CT molecular complexity index is 646. The van der Waals surface area contributed by atoms with Crippen LogP contribution in [0.15, 0.2) is 59.2 Å². The number of carboxylic acid groups (broad SMARTS) is 2. The number of allylic oxidation sites excluding steroid dienone is 3. The number of rotatable bonds is 11. The smallest absolute Gasteiger partial charge is 0.331 e. The molecule has 5 heteroatoms. The van der Waals surface area contributed by atoms with Crippen molar-refractivity contribution >= 4 is 18.0 Å². The third kappa shape index (κ3) is 7.94. The first kappa shape index (κ1) is 21.4. The lowest BCUT2D eigenvalue weighted by Crippen LogP contribution is -2.04. The molecule has 26 heavy (non-hydrogen) atoms. The van der Waals surface area contributed by atoms with Crippen LogP contribution in [0.3, 0.4) is 0 Å². The minimum absolute atomic E-state index is 0.102. The first-order valence-electron chi connectivity index (χ1n) is 8.73. The largest absolute Gasteiger partial charge is 0.478 e. The lowest BCUT2D eigenvalue weighted by molar-refractivity contribution is -0.133. The first-order chi connectivity index (χ1) is 12.5. The molecular weight excluding hydrogens is 332 g/mol. The van der Waals surface area contributed by atoms with E-state index in [1.807, 2.05) is 37.3 Å². The Labute approximate surface area is 154 Å². The Morgan fingerprint density at radius 3 is 1.92 bits per heavy atom. The fourth-order valence-corrected chi connectivity index (χ4v) is 2.39. The van der Waals surface area contributed by atoms with Crippen molar-refractivity contribution in [1.82, 2.24) is 0 Å². The number of aliphatic hydroxyl groups is 1. The zero-order chi connectivity index (χ0) is 19.4. The minimum Gasteiger partial charge on any atom is -0.478 e. The van der Waals surface area contributed by atoms with Crippen LogP contribution in [0.4, 0.5) is 0 Å². The number of unbranched alkanes of at least 4 members (excludes halogenated alkanes) is 1. The van der Waals surface area contributed by atoms with E-state index in [0.29, 0.717) is 18.4 Å². The predicted octanol–water partition coefficient (Wildman–Crippen LogP) is 4.05. The van der Waals surface area contributed by atoms with Crippen molar-refractivity contribution in [3.8, 4) is 0 Å². The number of hydrogen-bond acceptors (Lipinski definition) is 3. The first-order valence-corrected chi connectivity index (χ1v) is 8.73. The minimum atomic E-state index is -1.07. The van der Waals surface area contributed by atoms with Crippen LogP contribution in [0.1, 0.15) is 44.6 Å². The second kappa shape index (κ2) is 11.8. The molecule has 0 aliphatic rings. The van der Waals surface area contributed by atoms with Crippen LogP contribution in [0, 0.1) is 0 Å². The second-order valence-corrected chi connectivity index (χ2v) is 5.94. The lowest BCUT2D eigenvalue weighted by Gasteiger charge is -2.06. The number of aliphatic hydroxyl groups excluding tert-OH is 1. The average Bonchev–Trinajstić information content (AvgIpc) is 2.62. The maximum absolute atomic E-state index is 11.5. The predicted molar refractivity (Wildman–Crippen MR) is 102 cm³/mol. The summed E-state index contributed by atoms with van der Waals surface area (Å²) in [5, 5.41) is 27.8. The third-order valence-electron chi connectivity index (χ3n) is 3.77. The molecule has 0 saturated carbocycles. The van der Waals surface area contributed by atoms with Crippen LogP contribution < -0.4 is 0 Å². The van der Waals surface area contributed by atoms with Crippen LogP contribution in [-0.2, 0) is 9.59 Å². The SMILES string of the molecule is CCCCC(=CC(=Cc1ccccc1)C=C(CCCO)C(=O)O)C(=O)O. The van der Waals surface area contributed by atoms with Crippen molar-refractivity contribution in [2.24, 2.45) is 0 Å². The molecule has 0 amide bonds. The van der Waals surface area contributed by atoms with Gasteiger partial charge in [-0.1, -0.05) is 43.7 Å². The molecule has 1 aromatic carbocycles. The molecule has 0 aromatic heterocycles. The highest BCUT2D eigenvalue weighted by molar-refractivity contribution is 5.90. The lowest BCUT2D eigenvalue weighted by atomic mass is 10.00. The van der Waals surface area contributed by atoms with E-state index in [1.54, 1.807) is 6.08 Å². The molecular formula is C21H26O5. The van der Waals surface area contributed by atoms with Crippen LogP contribution in [0.25, 0.3) is 6.08 Å². The molecule has 0 bridgehead atoms. The van der Waals surface area contributed by atoms with Gasteiger partial charge in [-0.3, -0.25) is 0 Å². The maximum Gasteiger partial charge on any atom is 0.331 e. The van der Waals surface area contributed by atoms with E-state index in [0.717, 1.165) is 18.4 Å². The van der Waals surface area contributed by atoms with Crippen LogP contribution in [0.2, 0.25) is 0 Å². The van der Waals surface area contributed by atoms with Crippen LogP contribution >= 0.6 is 0 Å². The van der Waals surface area contributed by atoms with E-state index in [2.05, 4.69) is 0 Å². The highest BCUT2D eigenvalue weighted by Gasteiger charge is 2.11. The highest BCUT2D eigenvalue weighted by atomic mass is 16.4. The van der Waals surface area contributed by atoms with E-state index in [1.165, 1.54) is 12.2 Å². The van der Waals surface area contributed by atoms with Gasteiger partial charge in [-0.25, -0.2) is 9.59 Å². The number of hydrogen-bond donors (Lipinski definition) is 3. The highest BCUT2D eigenvalue weighted by Crippen LogP contribution is 2.18. The fraction of sp³-hybridized carbons (Fsp3) is 0.333. The molecule has 0 atom stereocenters. The Hall–Kier alpha value is -2.66. The molecule has 0 fully saturated rings. The number of carbonyl (C=O) groups is 2. The Kier molecular flexibility index (Phi) is 9.72. The van der Waals surface area contributed by atoms with Gasteiger partial charge in [0.25, 0.3) is 0 Å². The second-order valence-electron chi connectivity index (χ2n) is 5.94. The normalized spacial score (nSPS) is 12.9. The quantitative estimate of drug-likeness (QED) is 0.410. The summed E-state index contributed by atoms with van der Waals surface area (Å²) < 4.78 is 0.